The lowest BCUT2D eigenvalue weighted by atomic mass is 9.69. The van der Waals surface area contributed by atoms with Gasteiger partial charge in [-0.2, -0.15) is 0 Å². The van der Waals surface area contributed by atoms with Crippen LogP contribution in [-0.4, -0.2) is 34.7 Å². The van der Waals surface area contributed by atoms with Gasteiger partial charge in [-0.05, 0) is 24.7 Å². The molecule has 0 radical (unpaired) electrons. The normalized spacial score (nSPS) is 35.9. The van der Waals surface area contributed by atoms with Crippen LogP contribution < -0.4 is 5.32 Å². The van der Waals surface area contributed by atoms with Crippen molar-refractivity contribution in [2.45, 2.75) is 44.7 Å². The van der Waals surface area contributed by atoms with Gasteiger partial charge in [-0.25, -0.2) is 0 Å². The highest BCUT2D eigenvalue weighted by Gasteiger charge is 2.57. The third-order valence-corrected chi connectivity index (χ3v) is 3.79. The molecule has 4 nitrogen and oxygen atoms in total. The molecule has 2 atom stereocenters. The van der Waals surface area contributed by atoms with Gasteiger partial charge in [0.2, 0.25) is 6.41 Å². The fourth-order valence-corrected chi connectivity index (χ4v) is 3.46. The first kappa shape index (κ1) is 11.8. The third-order valence-electron chi connectivity index (χ3n) is 3.66. The Morgan fingerprint density at radius 2 is 2.19 bits per heavy atom. The zero-order valence-electron chi connectivity index (χ0n) is 9.69. The minimum atomic E-state index is -0.281. The molecule has 2 aliphatic rings. The van der Waals surface area contributed by atoms with E-state index in [9.17, 15) is 9.59 Å². The summed E-state index contributed by atoms with van der Waals surface area (Å²) in [6, 6.07) is 0.138. The van der Waals surface area contributed by atoms with Crippen LogP contribution in [0.25, 0.3) is 0 Å². The summed E-state index contributed by atoms with van der Waals surface area (Å²) in [4.78, 5) is 23.6. The van der Waals surface area contributed by atoms with Crippen molar-refractivity contribution in [1.82, 2.24) is 10.2 Å². The van der Waals surface area contributed by atoms with Crippen molar-refractivity contribution in [3.63, 3.8) is 0 Å². The molecular weight excluding hydrogens is 224 g/mol. The van der Waals surface area contributed by atoms with E-state index >= 15 is 0 Å². The number of carbonyl (C=O) groups is 2. The van der Waals surface area contributed by atoms with Gasteiger partial charge in [0.15, 0.2) is 0 Å². The lowest BCUT2D eigenvalue weighted by Crippen LogP contribution is -2.46. The first-order valence-corrected chi connectivity index (χ1v) is 6.03. The zero-order chi connectivity index (χ0) is 12.0. The van der Waals surface area contributed by atoms with E-state index in [1.807, 2.05) is 4.90 Å². The molecule has 1 heterocycles. The van der Waals surface area contributed by atoms with Crippen LogP contribution in [0.15, 0.2) is 0 Å². The van der Waals surface area contributed by atoms with Crippen LogP contribution in [0, 0.1) is 5.41 Å². The van der Waals surface area contributed by atoms with Crippen molar-refractivity contribution in [1.29, 1.82) is 0 Å². The van der Waals surface area contributed by atoms with Gasteiger partial charge in [0.05, 0.1) is 5.54 Å². The minimum Gasteiger partial charge on any atom is -0.344 e. The smallest absolute Gasteiger partial charge is 0.276 e. The summed E-state index contributed by atoms with van der Waals surface area (Å²) in [5, 5.41) is 2.58. The van der Waals surface area contributed by atoms with E-state index in [1.54, 1.807) is 0 Å². The average Bonchev–Trinajstić information content (AvgIpc) is 2.72. The molecule has 2 unspecified atom stereocenters. The fourth-order valence-electron chi connectivity index (χ4n) is 3.28. The van der Waals surface area contributed by atoms with Crippen LogP contribution in [0.3, 0.4) is 0 Å². The van der Waals surface area contributed by atoms with Crippen molar-refractivity contribution in [2.75, 3.05) is 6.54 Å². The predicted octanol–water partition coefficient (Wildman–Crippen LogP) is 1.42. The monoisotopic (exact) mass is 242 g/mol. The number of hydrogen-bond donors (Lipinski definition) is 2. The highest BCUT2D eigenvalue weighted by molar-refractivity contribution is 7.96. The maximum absolute atomic E-state index is 11.0. The molecule has 1 aliphatic carbocycles. The van der Waals surface area contributed by atoms with Gasteiger partial charge in [0, 0.05) is 12.6 Å². The molecule has 1 spiro atoms. The molecule has 1 saturated heterocycles. The fraction of sp³-hybridized carbons (Fsp3) is 0.818. The number of carbonyl (C=O) groups excluding carboxylic acids is 2. The highest BCUT2D eigenvalue weighted by Crippen LogP contribution is 2.50. The quantitative estimate of drug-likeness (QED) is 0.437. The third kappa shape index (κ3) is 2.19. The Balaban J connectivity index is 2.08. The van der Waals surface area contributed by atoms with Crippen molar-refractivity contribution in [2.24, 2.45) is 5.41 Å². The van der Waals surface area contributed by atoms with E-state index in [-0.39, 0.29) is 22.2 Å². The number of nitrogens with zero attached hydrogens (tertiary/aromatic N) is 1. The Morgan fingerprint density at radius 3 is 2.69 bits per heavy atom. The number of rotatable bonds is 2. The predicted molar refractivity (Wildman–Crippen MR) is 64.4 cm³/mol. The Bertz CT molecular complexity index is 332. The molecule has 90 valence electrons. The molecule has 2 amide bonds. The molecule has 16 heavy (non-hydrogen) atoms. The maximum atomic E-state index is 11.0. The summed E-state index contributed by atoms with van der Waals surface area (Å²) in [5.41, 5.74) is 0.168. The van der Waals surface area contributed by atoms with Gasteiger partial charge in [0.1, 0.15) is 0 Å². The van der Waals surface area contributed by atoms with Gasteiger partial charge >= 0.3 is 0 Å². The topological polar surface area (TPSA) is 49.2 Å². The van der Waals surface area contributed by atoms with Gasteiger partial charge in [-0.1, -0.05) is 26.5 Å². The van der Waals surface area contributed by atoms with Crippen LogP contribution in [-0.2, 0) is 4.79 Å². The van der Waals surface area contributed by atoms with Gasteiger partial charge in [0.25, 0.3) is 5.24 Å². The second kappa shape index (κ2) is 3.65. The lowest BCUT2D eigenvalue weighted by Gasteiger charge is -2.40. The van der Waals surface area contributed by atoms with Crippen LogP contribution in [0.1, 0.15) is 33.1 Å². The van der Waals surface area contributed by atoms with Gasteiger partial charge in [-0.3, -0.25) is 9.59 Å². The maximum Gasteiger partial charge on any atom is 0.276 e. The van der Waals surface area contributed by atoms with E-state index in [2.05, 4.69) is 31.8 Å². The molecule has 1 saturated carbocycles. The van der Waals surface area contributed by atoms with E-state index in [4.69, 9.17) is 0 Å². The molecule has 2 rings (SSSR count). The van der Waals surface area contributed by atoms with Crippen LogP contribution in [0.5, 0.6) is 0 Å². The molecule has 1 aliphatic heterocycles. The average molecular weight is 242 g/mol. The van der Waals surface area contributed by atoms with Crippen molar-refractivity contribution >= 4 is 24.3 Å². The molecule has 1 N–H and O–H groups in total. The molecule has 0 bridgehead atoms. The summed E-state index contributed by atoms with van der Waals surface area (Å²) in [7, 11) is 0. The molecule has 2 fully saturated rings. The first-order chi connectivity index (χ1) is 7.37. The number of nitrogens with one attached hydrogen (secondary N) is 1. The standard InChI is InChI=1S/C11H18N2O2S/c1-10(2)3-8(12-9(15)16)4-11(5-10)6-13(11)7-14/h7-8H,3-6H2,1-2H3,(H2,12,15,16). The Labute approximate surface area is 101 Å². The zero-order valence-corrected chi connectivity index (χ0v) is 10.6. The number of hydrogen-bond acceptors (Lipinski definition) is 2. The van der Waals surface area contributed by atoms with Crippen molar-refractivity contribution in [3.05, 3.63) is 0 Å². The molecule has 0 aromatic rings. The second-order valence-corrected chi connectivity index (χ2v) is 6.26. The molecule has 0 aromatic heterocycles. The van der Waals surface area contributed by atoms with E-state index in [0.29, 0.717) is 0 Å². The summed E-state index contributed by atoms with van der Waals surface area (Å²) in [6.07, 6.45) is 3.76. The van der Waals surface area contributed by atoms with E-state index in [0.717, 1.165) is 32.2 Å². The van der Waals surface area contributed by atoms with Crippen LogP contribution >= 0.6 is 12.6 Å². The first-order valence-electron chi connectivity index (χ1n) is 5.58. The Kier molecular flexibility index (Phi) is 2.69. The number of thiol groups is 1. The van der Waals surface area contributed by atoms with Crippen LogP contribution in [0.4, 0.5) is 4.79 Å². The van der Waals surface area contributed by atoms with Gasteiger partial charge in [-0.15, -0.1) is 0 Å². The highest BCUT2D eigenvalue weighted by atomic mass is 32.1. The summed E-state index contributed by atoms with van der Waals surface area (Å²) < 4.78 is 0. The Morgan fingerprint density at radius 1 is 1.50 bits per heavy atom. The van der Waals surface area contributed by atoms with Crippen LogP contribution in [0.2, 0.25) is 0 Å². The van der Waals surface area contributed by atoms with Gasteiger partial charge < -0.3 is 10.2 Å². The van der Waals surface area contributed by atoms with E-state index in [1.165, 1.54) is 0 Å². The number of amides is 2. The molecule has 0 aromatic carbocycles. The minimum absolute atomic E-state index is 0.00436. The summed E-state index contributed by atoms with van der Waals surface area (Å²) >= 11 is 3.75. The Hall–Kier alpha value is -0.710. The largest absolute Gasteiger partial charge is 0.344 e. The summed E-state index contributed by atoms with van der Waals surface area (Å²) in [6.45, 7) is 5.21. The molecule has 5 heteroatoms. The van der Waals surface area contributed by atoms with Crippen molar-refractivity contribution in [3.8, 4) is 0 Å². The second-order valence-electron chi connectivity index (χ2n) is 5.85. The molecular formula is C11H18N2O2S. The SMILES string of the molecule is CC1(C)CC(NC(=O)S)CC2(CN2C=O)C1. The summed E-state index contributed by atoms with van der Waals surface area (Å²) in [5.74, 6) is 0. The van der Waals surface area contributed by atoms with E-state index < -0.39 is 0 Å². The van der Waals surface area contributed by atoms with Crippen molar-refractivity contribution < 1.29 is 9.59 Å². The lowest BCUT2D eigenvalue weighted by molar-refractivity contribution is -0.115.